The maximum atomic E-state index is 4.60. The highest BCUT2D eigenvalue weighted by Crippen LogP contribution is 2.20. The Kier molecular flexibility index (Phi) is 7.06. The minimum Gasteiger partial charge on any atom is -0.355 e. The van der Waals surface area contributed by atoms with E-state index in [1.807, 2.05) is 26.0 Å². The molecule has 2 N–H and O–H groups in total. The largest absolute Gasteiger partial charge is 0.355 e. The van der Waals surface area contributed by atoms with Gasteiger partial charge in [0.05, 0.1) is 12.2 Å². The summed E-state index contributed by atoms with van der Waals surface area (Å²) in [7, 11) is 5.84. The van der Waals surface area contributed by atoms with Crippen molar-refractivity contribution < 1.29 is 0 Å². The first kappa shape index (κ1) is 19.6. The van der Waals surface area contributed by atoms with Gasteiger partial charge in [0, 0.05) is 45.7 Å². The molecular formula is C20H30N6S. The summed E-state index contributed by atoms with van der Waals surface area (Å²) in [4.78, 5) is 13.6. The lowest BCUT2D eigenvalue weighted by atomic mass is 10.2. The van der Waals surface area contributed by atoms with Crippen LogP contribution in [0.5, 0.6) is 0 Å². The zero-order chi connectivity index (χ0) is 19.1. The molecule has 0 spiro atoms. The number of likely N-dealkylation sites (tertiary alicyclic amines) is 1. The van der Waals surface area contributed by atoms with E-state index in [1.165, 1.54) is 24.9 Å². The summed E-state index contributed by atoms with van der Waals surface area (Å²) >= 11 is 1.66. The number of aromatic nitrogens is 1. The van der Waals surface area contributed by atoms with Crippen LogP contribution in [0.15, 0.2) is 40.7 Å². The summed E-state index contributed by atoms with van der Waals surface area (Å²) in [5.41, 5.74) is 2.42. The van der Waals surface area contributed by atoms with E-state index >= 15 is 0 Å². The van der Waals surface area contributed by atoms with Gasteiger partial charge < -0.3 is 15.5 Å². The molecule has 2 heterocycles. The molecule has 3 rings (SSSR count). The fraction of sp³-hybridized carbons (Fsp3) is 0.500. The van der Waals surface area contributed by atoms with Gasteiger partial charge in [-0.05, 0) is 24.9 Å². The molecule has 1 unspecified atom stereocenters. The second-order valence-electron chi connectivity index (χ2n) is 7.07. The maximum Gasteiger partial charge on any atom is 0.191 e. The summed E-state index contributed by atoms with van der Waals surface area (Å²) in [6, 6.07) is 11.3. The molecule has 7 heteroatoms. The molecule has 146 valence electrons. The lowest BCUT2D eigenvalue weighted by molar-refractivity contribution is 0.245. The van der Waals surface area contributed by atoms with Crippen LogP contribution in [0.4, 0.5) is 5.13 Å². The van der Waals surface area contributed by atoms with Crippen LogP contribution in [0, 0.1) is 0 Å². The predicted octanol–water partition coefficient (Wildman–Crippen LogP) is 2.54. The lowest BCUT2D eigenvalue weighted by Gasteiger charge is -2.25. The number of aliphatic imine (C=N–C) groups is 1. The van der Waals surface area contributed by atoms with Crippen molar-refractivity contribution in [3.63, 3.8) is 0 Å². The molecule has 0 radical (unpaired) electrons. The summed E-state index contributed by atoms with van der Waals surface area (Å²) in [5, 5.41) is 9.98. The molecule has 1 saturated heterocycles. The normalized spacial score (nSPS) is 17.9. The van der Waals surface area contributed by atoms with Crippen LogP contribution in [0.3, 0.4) is 0 Å². The first-order valence-corrected chi connectivity index (χ1v) is 10.4. The highest BCUT2D eigenvalue weighted by Gasteiger charge is 2.24. The van der Waals surface area contributed by atoms with E-state index < -0.39 is 0 Å². The Labute approximate surface area is 166 Å². The lowest BCUT2D eigenvalue weighted by Crippen LogP contribution is -2.44. The molecular weight excluding hydrogens is 356 g/mol. The Morgan fingerprint density at radius 1 is 1.30 bits per heavy atom. The zero-order valence-electron chi connectivity index (χ0n) is 16.5. The Bertz CT molecular complexity index is 727. The molecule has 1 fully saturated rings. The molecule has 1 aromatic carbocycles. The monoisotopic (exact) mass is 386 g/mol. The van der Waals surface area contributed by atoms with Gasteiger partial charge in [-0.3, -0.25) is 9.89 Å². The number of thiazole rings is 1. The second-order valence-corrected chi connectivity index (χ2v) is 7.91. The second kappa shape index (κ2) is 9.71. The van der Waals surface area contributed by atoms with E-state index in [2.05, 4.69) is 61.2 Å². The van der Waals surface area contributed by atoms with Crippen LogP contribution in [0.1, 0.15) is 24.1 Å². The molecule has 27 heavy (non-hydrogen) atoms. The van der Waals surface area contributed by atoms with Crippen molar-refractivity contribution >= 4 is 22.4 Å². The van der Waals surface area contributed by atoms with Crippen molar-refractivity contribution in [2.24, 2.45) is 4.99 Å². The molecule has 0 aliphatic carbocycles. The first-order valence-electron chi connectivity index (χ1n) is 9.50. The third-order valence-electron chi connectivity index (χ3n) is 4.82. The molecule has 1 aliphatic heterocycles. The number of guanidine groups is 1. The number of benzene rings is 1. The quantitative estimate of drug-likeness (QED) is 0.566. The van der Waals surface area contributed by atoms with Gasteiger partial charge in [-0.1, -0.05) is 30.3 Å². The molecule has 0 bridgehead atoms. The van der Waals surface area contributed by atoms with E-state index in [0.717, 1.165) is 29.9 Å². The van der Waals surface area contributed by atoms with Crippen LogP contribution in [-0.4, -0.2) is 56.1 Å². The van der Waals surface area contributed by atoms with Gasteiger partial charge >= 0.3 is 0 Å². The minimum absolute atomic E-state index is 0.545. The fourth-order valence-corrected chi connectivity index (χ4v) is 4.10. The fourth-order valence-electron chi connectivity index (χ4n) is 3.34. The SMILES string of the molecule is CN=C(NCc1csc(N(C)C)n1)NCC1CCCN1Cc1ccccc1. The molecule has 0 amide bonds. The third-order valence-corrected chi connectivity index (χ3v) is 5.87. The van der Waals surface area contributed by atoms with Crippen molar-refractivity contribution in [3.8, 4) is 0 Å². The molecule has 1 aromatic heterocycles. The standard InChI is InChI=1S/C20H30N6S/c1-21-19(22-12-17-15-27-20(24-17)25(2)3)23-13-18-10-7-11-26(18)14-16-8-5-4-6-9-16/h4-6,8-9,15,18H,7,10-14H2,1-3H3,(H2,21,22,23). The van der Waals surface area contributed by atoms with Crippen molar-refractivity contribution in [1.29, 1.82) is 0 Å². The van der Waals surface area contributed by atoms with Gasteiger partial charge in [0.2, 0.25) is 0 Å². The highest BCUT2D eigenvalue weighted by molar-refractivity contribution is 7.13. The summed E-state index contributed by atoms with van der Waals surface area (Å²) in [6.07, 6.45) is 2.49. The Balaban J connectivity index is 1.46. The smallest absolute Gasteiger partial charge is 0.191 e. The zero-order valence-corrected chi connectivity index (χ0v) is 17.3. The molecule has 1 atom stereocenters. The van der Waals surface area contributed by atoms with Gasteiger partial charge in [0.15, 0.2) is 11.1 Å². The molecule has 2 aromatic rings. The van der Waals surface area contributed by atoms with Crippen LogP contribution in [-0.2, 0) is 13.1 Å². The van der Waals surface area contributed by atoms with Gasteiger partial charge in [-0.15, -0.1) is 11.3 Å². The average molecular weight is 387 g/mol. The number of nitrogens with one attached hydrogen (secondary N) is 2. The highest BCUT2D eigenvalue weighted by atomic mass is 32.1. The molecule has 0 saturated carbocycles. The summed E-state index contributed by atoms with van der Waals surface area (Å²) in [5.74, 6) is 0.834. The van der Waals surface area contributed by atoms with E-state index in [1.54, 1.807) is 11.3 Å². The number of nitrogens with zero attached hydrogens (tertiary/aromatic N) is 4. The average Bonchev–Trinajstić information content (AvgIpc) is 3.32. The molecule has 1 aliphatic rings. The van der Waals surface area contributed by atoms with Crippen molar-refractivity contribution in [2.75, 3.05) is 39.1 Å². The Hall–Kier alpha value is -2.12. The predicted molar refractivity (Wildman–Crippen MR) is 115 cm³/mol. The van der Waals surface area contributed by atoms with Gasteiger partial charge in [0.25, 0.3) is 0 Å². The van der Waals surface area contributed by atoms with Crippen molar-refractivity contribution in [1.82, 2.24) is 20.5 Å². The van der Waals surface area contributed by atoms with Crippen LogP contribution < -0.4 is 15.5 Å². The third kappa shape index (κ3) is 5.68. The first-order chi connectivity index (χ1) is 13.2. The number of rotatable bonds is 7. The van der Waals surface area contributed by atoms with Crippen LogP contribution >= 0.6 is 11.3 Å². The maximum absolute atomic E-state index is 4.60. The van der Waals surface area contributed by atoms with E-state index in [9.17, 15) is 0 Å². The topological polar surface area (TPSA) is 55.8 Å². The van der Waals surface area contributed by atoms with E-state index in [-0.39, 0.29) is 0 Å². The molecule has 6 nitrogen and oxygen atoms in total. The van der Waals surface area contributed by atoms with Crippen LogP contribution in [0.25, 0.3) is 0 Å². The van der Waals surface area contributed by atoms with Gasteiger partial charge in [-0.25, -0.2) is 4.98 Å². The Morgan fingerprint density at radius 3 is 2.81 bits per heavy atom. The Morgan fingerprint density at radius 2 is 2.11 bits per heavy atom. The van der Waals surface area contributed by atoms with Crippen molar-refractivity contribution in [2.45, 2.75) is 32.0 Å². The van der Waals surface area contributed by atoms with Gasteiger partial charge in [0.1, 0.15) is 0 Å². The summed E-state index contributed by atoms with van der Waals surface area (Å²) in [6.45, 7) is 3.78. The van der Waals surface area contributed by atoms with E-state index in [0.29, 0.717) is 12.6 Å². The van der Waals surface area contributed by atoms with Gasteiger partial charge in [-0.2, -0.15) is 0 Å². The number of hydrogen-bond donors (Lipinski definition) is 2. The summed E-state index contributed by atoms with van der Waals surface area (Å²) < 4.78 is 0. The minimum atomic E-state index is 0.545. The number of anilines is 1. The van der Waals surface area contributed by atoms with Crippen LogP contribution in [0.2, 0.25) is 0 Å². The number of hydrogen-bond acceptors (Lipinski definition) is 5. The van der Waals surface area contributed by atoms with Crippen molar-refractivity contribution in [3.05, 3.63) is 47.0 Å². The van der Waals surface area contributed by atoms with E-state index in [4.69, 9.17) is 0 Å².